The highest BCUT2D eigenvalue weighted by Crippen LogP contribution is 2.34. The summed E-state index contributed by atoms with van der Waals surface area (Å²) in [5, 5.41) is 9.17. The van der Waals surface area contributed by atoms with Crippen LogP contribution in [0.3, 0.4) is 0 Å². The molecule has 126 valence electrons. The van der Waals surface area contributed by atoms with Crippen LogP contribution in [0.25, 0.3) is 0 Å². The van der Waals surface area contributed by atoms with Crippen LogP contribution in [0.2, 0.25) is 0 Å². The standard InChI is InChI=1S/C19H19FO4/c20-16-8-15(18-10-14(19(21)22)6-7-23-18)9-17(11-16)24-12-13-4-2-1-3-5-13/h1-5,8-9,11,14,18H,6-7,10,12H2,(H,21,22). The van der Waals surface area contributed by atoms with Gasteiger partial charge in [-0.2, -0.15) is 0 Å². The SMILES string of the molecule is O=C(O)C1CCOC(c2cc(F)cc(OCc3ccccc3)c2)C1. The Morgan fingerprint density at radius 2 is 2.04 bits per heavy atom. The van der Waals surface area contributed by atoms with Crippen LogP contribution in [0.5, 0.6) is 5.75 Å². The van der Waals surface area contributed by atoms with Crippen molar-refractivity contribution in [3.05, 3.63) is 65.5 Å². The number of benzene rings is 2. The van der Waals surface area contributed by atoms with E-state index in [1.165, 1.54) is 12.1 Å². The molecule has 3 rings (SSSR count). The normalized spacial score (nSPS) is 20.5. The summed E-state index contributed by atoms with van der Waals surface area (Å²) >= 11 is 0. The molecule has 0 saturated carbocycles. The van der Waals surface area contributed by atoms with Gasteiger partial charge in [-0.15, -0.1) is 0 Å². The van der Waals surface area contributed by atoms with E-state index in [0.29, 0.717) is 37.4 Å². The molecule has 0 aliphatic carbocycles. The number of hydrogen-bond acceptors (Lipinski definition) is 3. The molecule has 1 heterocycles. The molecule has 0 aromatic heterocycles. The number of ether oxygens (including phenoxy) is 2. The van der Waals surface area contributed by atoms with Gasteiger partial charge in [-0.25, -0.2) is 4.39 Å². The lowest BCUT2D eigenvalue weighted by molar-refractivity contribution is -0.147. The summed E-state index contributed by atoms with van der Waals surface area (Å²) < 4.78 is 25.2. The van der Waals surface area contributed by atoms with Crippen molar-refractivity contribution in [2.24, 2.45) is 5.92 Å². The van der Waals surface area contributed by atoms with Crippen molar-refractivity contribution in [2.45, 2.75) is 25.6 Å². The molecule has 2 atom stereocenters. The van der Waals surface area contributed by atoms with Crippen molar-refractivity contribution in [1.29, 1.82) is 0 Å². The number of carboxylic acid groups (broad SMARTS) is 1. The minimum Gasteiger partial charge on any atom is -0.489 e. The van der Waals surface area contributed by atoms with Crippen LogP contribution >= 0.6 is 0 Å². The molecule has 0 radical (unpaired) electrons. The zero-order chi connectivity index (χ0) is 16.9. The largest absolute Gasteiger partial charge is 0.489 e. The smallest absolute Gasteiger partial charge is 0.306 e. The van der Waals surface area contributed by atoms with Gasteiger partial charge in [0.1, 0.15) is 18.2 Å². The zero-order valence-electron chi connectivity index (χ0n) is 13.2. The molecule has 2 aromatic carbocycles. The van der Waals surface area contributed by atoms with Crippen molar-refractivity contribution < 1.29 is 23.8 Å². The van der Waals surface area contributed by atoms with Crippen LogP contribution < -0.4 is 4.74 Å². The van der Waals surface area contributed by atoms with E-state index in [-0.39, 0.29) is 0 Å². The Labute approximate surface area is 139 Å². The van der Waals surface area contributed by atoms with E-state index < -0.39 is 23.8 Å². The monoisotopic (exact) mass is 330 g/mol. The minimum atomic E-state index is -0.833. The van der Waals surface area contributed by atoms with Gasteiger partial charge in [0.2, 0.25) is 0 Å². The van der Waals surface area contributed by atoms with Crippen molar-refractivity contribution in [2.75, 3.05) is 6.61 Å². The summed E-state index contributed by atoms with van der Waals surface area (Å²) in [5.74, 6) is -1.30. The number of carboxylic acids is 1. The fourth-order valence-corrected chi connectivity index (χ4v) is 2.85. The first-order valence-corrected chi connectivity index (χ1v) is 7.93. The van der Waals surface area contributed by atoms with E-state index in [1.54, 1.807) is 6.07 Å². The van der Waals surface area contributed by atoms with Gasteiger partial charge in [0, 0.05) is 12.7 Å². The third kappa shape index (κ3) is 4.11. The van der Waals surface area contributed by atoms with Crippen LogP contribution in [0, 0.1) is 11.7 Å². The molecular formula is C19H19FO4. The van der Waals surface area contributed by atoms with Gasteiger partial charge in [-0.1, -0.05) is 30.3 Å². The molecular weight excluding hydrogens is 311 g/mol. The molecule has 24 heavy (non-hydrogen) atoms. The summed E-state index contributed by atoms with van der Waals surface area (Å²) in [6.45, 7) is 0.700. The first kappa shape index (κ1) is 16.5. The van der Waals surface area contributed by atoms with E-state index in [4.69, 9.17) is 14.6 Å². The van der Waals surface area contributed by atoms with Gasteiger partial charge in [-0.05, 0) is 36.1 Å². The number of halogens is 1. The van der Waals surface area contributed by atoms with Crippen LogP contribution in [0.4, 0.5) is 4.39 Å². The lowest BCUT2D eigenvalue weighted by atomic mass is 9.92. The van der Waals surface area contributed by atoms with Crippen molar-refractivity contribution in [3.8, 4) is 5.75 Å². The van der Waals surface area contributed by atoms with Crippen LogP contribution in [-0.2, 0) is 16.1 Å². The van der Waals surface area contributed by atoms with Gasteiger partial charge >= 0.3 is 5.97 Å². The van der Waals surface area contributed by atoms with Crippen molar-refractivity contribution >= 4 is 5.97 Å². The molecule has 1 aliphatic rings. The van der Waals surface area contributed by atoms with Gasteiger partial charge < -0.3 is 14.6 Å². The van der Waals surface area contributed by atoms with Gasteiger partial charge in [0.05, 0.1) is 12.0 Å². The first-order valence-electron chi connectivity index (χ1n) is 7.93. The summed E-state index contributed by atoms with van der Waals surface area (Å²) in [6.07, 6.45) is 0.407. The number of aliphatic carboxylic acids is 1. The Bertz CT molecular complexity index is 702. The fourth-order valence-electron chi connectivity index (χ4n) is 2.85. The van der Waals surface area contributed by atoms with E-state index >= 15 is 0 Å². The maximum Gasteiger partial charge on any atom is 0.306 e. The molecule has 5 heteroatoms. The average Bonchev–Trinajstić information content (AvgIpc) is 2.60. The predicted octanol–water partition coefficient (Wildman–Crippen LogP) is 3.96. The van der Waals surface area contributed by atoms with Crippen molar-refractivity contribution in [1.82, 2.24) is 0 Å². The van der Waals surface area contributed by atoms with Crippen LogP contribution in [0.1, 0.15) is 30.1 Å². The lowest BCUT2D eigenvalue weighted by Crippen LogP contribution is -2.25. The molecule has 4 nitrogen and oxygen atoms in total. The summed E-state index contributed by atoms with van der Waals surface area (Å²) in [6, 6.07) is 14.0. The summed E-state index contributed by atoms with van der Waals surface area (Å²) in [4.78, 5) is 11.2. The van der Waals surface area contributed by atoms with E-state index in [1.807, 2.05) is 30.3 Å². The molecule has 0 amide bonds. The highest BCUT2D eigenvalue weighted by Gasteiger charge is 2.29. The highest BCUT2D eigenvalue weighted by atomic mass is 19.1. The maximum atomic E-state index is 13.9. The Balaban J connectivity index is 1.72. The Hall–Kier alpha value is -2.40. The third-order valence-electron chi connectivity index (χ3n) is 4.15. The van der Waals surface area contributed by atoms with E-state index in [9.17, 15) is 9.18 Å². The molecule has 1 aliphatic heterocycles. The zero-order valence-corrected chi connectivity index (χ0v) is 13.2. The van der Waals surface area contributed by atoms with E-state index in [0.717, 1.165) is 5.56 Å². The van der Waals surface area contributed by atoms with Crippen LogP contribution in [0.15, 0.2) is 48.5 Å². The molecule has 0 spiro atoms. The number of carbonyl (C=O) groups is 1. The molecule has 1 saturated heterocycles. The first-order chi connectivity index (χ1) is 11.6. The number of hydrogen-bond donors (Lipinski definition) is 1. The quantitative estimate of drug-likeness (QED) is 0.902. The molecule has 0 bridgehead atoms. The minimum absolute atomic E-state index is 0.340. The summed E-state index contributed by atoms with van der Waals surface area (Å²) in [5.41, 5.74) is 1.60. The van der Waals surface area contributed by atoms with Gasteiger partial charge in [0.25, 0.3) is 0 Å². The average molecular weight is 330 g/mol. The second-order valence-corrected chi connectivity index (χ2v) is 5.91. The lowest BCUT2D eigenvalue weighted by Gasteiger charge is -2.27. The highest BCUT2D eigenvalue weighted by molar-refractivity contribution is 5.70. The second kappa shape index (κ2) is 7.45. The Morgan fingerprint density at radius 3 is 2.79 bits per heavy atom. The fraction of sp³-hybridized carbons (Fsp3) is 0.316. The second-order valence-electron chi connectivity index (χ2n) is 5.91. The predicted molar refractivity (Wildman–Crippen MR) is 86.2 cm³/mol. The molecule has 1 N–H and O–H groups in total. The topological polar surface area (TPSA) is 55.8 Å². The van der Waals surface area contributed by atoms with Gasteiger partial charge in [0.15, 0.2) is 0 Å². The summed E-state index contributed by atoms with van der Waals surface area (Å²) in [7, 11) is 0. The molecule has 1 fully saturated rings. The van der Waals surface area contributed by atoms with Crippen LogP contribution in [-0.4, -0.2) is 17.7 Å². The Morgan fingerprint density at radius 1 is 1.25 bits per heavy atom. The maximum absolute atomic E-state index is 13.9. The third-order valence-corrected chi connectivity index (χ3v) is 4.15. The number of rotatable bonds is 5. The van der Waals surface area contributed by atoms with Crippen molar-refractivity contribution in [3.63, 3.8) is 0 Å². The molecule has 2 aromatic rings. The Kier molecular flexibility index (Phi) is 5.11. The molecule has 2 unspecified atom stereocenters. The van der Waals surface area contributed by atoms with Gasteiger partial charge in [-0.3, -0.25) is 4.79 Å². The van der Waals surface area contributed by atoms with E-state index in [2.05, 4.69) is 0 Å².